The Morgan fingerprint density at radius 1 is 1.15 bits per heavy atom. The number of aryl methyl sites for hydroxylation is 1. The van der Waals surface area contributed by atoms with Gasteiger partial charge in [0.1, 0.15) is 5.82 Å². The molecule has 0 aliphatic carbocycles. The first-order valence-electron chi connectivity index (χ1n) is 9.51. The molecule has 0 bridgehead atoms. The van der Waals surface area contributed by atoms with E-state index in [-0.39, 0.29) is 5.78 Å². The van der Waals surface area contributed by atoms with Gasteiger partial charge in [-0.25, -0.2) is 9.78 Å². The third kappa shape index (κ3) is 3.38. The van der Waals surface area contributed by atoms with Crippen LogP contribution < -0.4 is 11.2 Å². The Bertz CT molecular complexity index is 989. The molecule has 2 aromatic rings. The van der Waals surface area contributed by atoms with Crippen molar-refractivity contribution in [3.05, 3.63) is 26.7 Å². The van der Waals surface area contributed by atoms with Gasteiger partial charge in [0, 0.05) is 27.2 Å². The molecule has 0 amide bonds. The Morgan fingerprint density at radius 3 is 2.30 bits per heavy atom. The van der Waals surface area contributed by atoms with Gasteiger partial charge >= 0.3 is 5.69 Å². The van der Waals surface area contributed by atoms with Crippen LogP contribution in [0.3, 0.4) is 0 Å². The Kier molecular flexibility index (Phi) is 5.12. The first-order chi connectivity index (χ1) is 12.6. The lowest BCUT2D eigenvalue weighted by Crippen LogP contribution is -2.39. The summed E-state index contributed by atoms with van der Waals surface area (Å²) in [6.07, 6.45) is 1.20. The summed E-state index contributed by atoms with van der Waals surface area (Å²) in [4.78, 5) is 44.2. The average molecular weight is 375 g/mol. The highest BCUT2D eigenvalue weighted by molar-refractivity contribution is 5.82. The number of hydrogen-bond acceptors (Lipinski definition) is 5. The van der Waals surface area contributed by atoms with Crippen molar-refractivity contribution in [2.45, 2.75) is 46.7 Å². The minimum atomic E-state index is -0.519. The monoisotopic (exact) mass is 375 g/mol. The van der Waals surface area contributed by atoms with E-state index in [0.29, 0.717) is 35.4 Å². The third-order valence-electron chi connectivity index (χ3n) is 5.65. The van der Waals surface area contributed by atoms with Crippen LogP contribution in [0, 0.1) is 11.8 Å². The number of aromatic nitrogens is 4. The summed E-state index contributed by atoms with van der Waals surface area (Å²) in [5.74, 6) is 1.79. The highest BCUT2D eigenvalue weighted by atomic mass is 16.2. The van der Waals surface area contributed by atoms with Crippen LogP contribution >= 0.6 is 0 Å². The molecule has 1 aliphatic heterocycles. The van der Waals surface area contributed by atoms with Crippen LogP contribution in [-0.4, -0.2) is 42.5 Å². The minimum Gasteiger partial charge on any atom is -0.311 e. The van der Waals surface area contributed by atoms with Gasteiger partial charge in [0.2, 0.25) is 0 Å². The van der Waals surface area contributed by atoms with Crippen molar-refractivity contribution >= 4 is 16.9 Å². The first-order valence-corrected chi connectivity index (χ1v) is 9.51. The Hall–Kier alpha value is -2.22. The van der Waals surface area contributed by atoms with Crippen molar-refractivity contribution in [1.82, 2.24) is 23.6 Å². The Morgan fingerprint density at radius 2 is 1.74 bits per heavy atom. The molecular formula is C19H29N5O3. The van der Waals surface area contributed by atoms with Crippen molar-refractivity contribution in [3.63, 3.8) is 0 Å². The van der Waals surface area contributed by atoms with Gasteiger partial charge in [-0.1, -0.05) is 13.8 Å². The van der Waals surface area contributed by atoms with Crippen molar-refractivity contribution in [3.8, 4) is 0 Å². The number of imidazole rings is 1. The molecule has 0 radical (unpaired) electrons. The fourth-order valence-corrected chi connectivity index (χ4v) is 4.29. The van der Waals surface area contributed by atoms with Gasteiger partial charge in [-0.2, -0.15) is 0 Å². The van der Waals surface area contributed by atoms with E-state index < -0.39 is 17.3 Å². The van der Waals surface area contributed by atoms with E-state index in [9.17, 15) is 14.4 Å². The lowest BCUT2D eigenvalue weighted by atomic mass is 9.92. The second-order valence-electron chi connectivity index (χ2n) is 8.20. The average Bonchev–Trinajstić information content (AvgIpc) is 2.95. The SMILES string of the molecule is CC(=O)[C@H](C)n1c(CN2C[C@H](C)C[C@H](C)C2)nc2c1c(=O)n(C)c(=O)n2C. The number of piperidine rings is 1. The molecule has 8 heteroatoms. The maximum atomic E-state index is 12.8. The zero-order valence-corrected chi connectivity index (χ0v) is 17.0. The lowest BCUT2D eigenvalue weighted by molar-refractivity contribution is -0.119. The molecule has 0 unspecified atom stereocenters. The molecule has 1 fully saturated rings. The van der Waals surface area contributed by atoms with Gasteiger partial charge in [0.15, 0.2) is 16.9 Å². The van der Waals surface area contributed by atoms with Crippen LogP contribution in [0.1, 0.15) is 46.0 Å². The number of Topliss-reactive ketones (excluding diaryl/α,β-unsaturated/α-hetero) is 1. The minimum absolute atomic E-state index is 0.0492. The number of likely N-dealkylation sites (tertiary alicyclic amines) is 1. The zero-order chi connectivity index (χ0) is 20.0. The van der Waals surface area contributed by atoms with Crippen LogP contribution in [0.15, 0.2) is 9.59 Å². The highest BCUT2D eigenvalue weighted by Gasteiger charge is 2.27. The molecular weight excluding hydrogens is 346 g/mol. The number of carbonyl (C=O) groups excluding carboxylic acids is 1. The standard InChI is InChI=1S/C19H29N5O3/c1-11-7-12(2)9-23(8-11)10-15-20-17-16(24(15)13(3)14(4)25)18(26)22(6)19(27)21(17)5/h11-13H,7-10H2,1-6H3/t11-,12+,13-/m0/s1. The van der Waals surface area contributed by atoms with Crippen molar-refractivity contribution in [2.75, 3.05) is 13.1 Å². The summed E-state index contributed by atoms with van der Waals surface area (Å²) < 4.78 is 4.18. The number of fused-ring (bicyclic) bond motifs is 1. The summed E-state index contributed by atoms with van der Waals surface area (Å²) >= 11 is 0. The van der Waals surface area contributed by atoms with Crippen molar-refractivity contribution < 1.29 is 4.79 Å². The molecule has 27 heavy (non-hydrogen) atoms. The van der Waals surface area contributed by atoms with Gasteiger partial charge in [0.25, 0.3) is 5.56 Å². The van der Waals surface area contributed by atoms with Crippen LogP contribution in [0.5, 0.6) is 0 Å². The molecule has 1 saturated heterocycles. The van der Waals surface area contributed by atoms with E-state index in [4.69, 9.17) is 0 Å². The molecule has 3 rings (SSSR count). The van der Waals surface area contributed by atoms with Gasteiger partial charge in [0.05, 0.1) is 12.6 Å². The fourth-order valence-electron chi connectivity index (χ4n) is 4.29. The predicted molar refractivity (Wildman–Crippen MR) is 104 cm³/mol. The second-order valence-corrected chi connectivity index (χ2v) is 8.20. The van der Waals surface area contributed by atoms with E-state index in [1.54, 1.807) is 18.5 Å². The lowest BCUT2D eigenvalue weighted by Gasteiger charge is -2.34. The molecule has 2 aromatic heterocycles. The Labute approximate surface area is 158 Å². The quantitative estimate of drug-likeness (QED) is 0.798. The second kappa shape index (κ2) is 7.07. The Balaban J connectivity index is 2.20. The maximum absolute atomic E-state index is 12.8. The van der Waals surface area contributed by atoms with Crippen LogP contribution in [-0.2, 0) is 25.4 Å². The number of nitrogens with zero attached hydrogens (tertiary/aromatic N) is 5. The van der Waals surface area contributed by atoms with E-state index in [1.807, 2.05) is 0 Å². The molecule has 8 nitrogen and oxygen atoms in total. The summed E-state index contributed by atoms with van der Waals surface area (Å²) in [6.45, 7) is 10.2. The van der Waals surface area contributed by atoms with Crippen molar-refractivity contribution in [1.29, 1.82) is 0 Å². The zero-order valence-electron chi connectivity index (χ0n) is 17.0. The number of hydrogen-bond donors (Lipinski definition) is 0. The van der Waals surface area contributed by atoms with Crippen LogP contribution in [0.2, 0.25) is 0 Å². The molecule has 0 N–H and O–H groups in total. The smallest absolute Gasteiger partial charge is 0.311 e. The van der Waals surface area contributed by atoms with Gasteiger partial charge in [-0.05, 0) is 32.1 Å². The third-order valence-corrected chi connectivity index (χ3v) is 5.65. The van der Waals surface area contributed by atoms with Crippen LogP contribution in [0.25, 0.3) is 11.2 Å². The van der Waals surface area contributed by atoms with Gasteiger partial charge in [-0.3, -0.25) is 23.6 Å². The van der Waals surface area contributed by atoms with E-state index in [0.717, 1.165) is 17.7 Å². The molecule has 1 aliphatic rings. The maximum Gasteiger partial charge on any atom is 0.332 e. The number of rotatable bonds is 4. The first kappa shape index (κ1) is 19.5. The van der Waals surface area contributed by atoms with Gasteiger partial charge in [-0.15, -0.1) is 0 Å². The number of carbonyl (C=O) groups is 1. The summed E-state index contributed by atoms with van der Waals surface area (Å²) in [7, 11) is 3.06. The summed E-state index contributed by atoms with van der Waals surface area (Å²) in [5.41, 5.74) is -0.181. The summed E-state index contributed by atoms with van der Waals surface area (Å²) in [5, 5.41) is 0. The topological polar surface area (TPSA) is 82.1 Å². The molecule has 148 valence electrons. The predicted octanol–water partition coefficient (Wildman–Crippen LogP) is 1.06. The molecule has 0 saturated carbocycles. The number of ketones is 1. The van der Waals surface area contributed by atoms with Gasteiger partial charge < -0.3 is 4.57 Å². The normalized spacial score (nSPS) is 22.3. The largest absolute Gasteiger partial charge is 0.332 e. The molecule has 0 aromatic carbocycles. The van der Waals surface area contributed by atoms with E-state index in [1.165, 1.54) is 25.0 Å². The fraction of sp³-hybridized carbons (Fsp3) is 0.684. The van der Waals surface area contributed by atoms with E-state index >= 15 is 0 Å². The van der Waals surface area contributed by atoms with Crippen molar-refractivity contribution in [2.24, 2.45) is 25.9 Å². The summed E-state index contributed by atoms with van der Waals surface area (Å²) in [6, 6.07) is -0.519. The highest BCUT2D eigenvalue weighted by Crippen LogP contribution is 2.25. The van der Waals surface area contributed by atoms with Crippen LogP contribution in [0.4, 0.5) is 0 Å². The van der Waals surface area contributed by atoms with E-state index in [2.05, 4.69) is 23.7 Å². The molecule has 3 heterocycles. The molecule has 0 spiro atoms. The molecule has 3 atom stereocenters.